The zero-order valence-electron chi connectivity index (χ0n) is 9.21. The van der Waals surface area contributed by atoms with Crippen molar-refractivity contribution in [3.05, 3.63) is 0 Å². The molecule has 13 heavy (non-hydrogen) atoms. The summed E-state index contributed by atoms with van der Waals surface area (Å²) in [5, 5.41) is 12.1. The lowest BCUT2D eigenvalue weighted by Crippen LogP contribution is -2.35. The quantitative estimate of drug-likeness (QED) is 0.588. The SMILES string of the molecule is CCCN(CC)CCC(CO)NC. The monoisotopic (exact) mass is 188 g/mol. The topological polar surface area (TPSA) is 35.5 Å². The van der Waals surface area contributed by atoms with Gasteiger partial charge in [-0.25, -0.2) is 0 Å². The summed E-state index contributed by atoms with van der Waals surface area (Å²) in [5.74, 6) is 0. The lowest BCUT2D eigenvalue weighted by atomic mass is 10.2. The summed E-state index contributed by atoms with van der Waals surface area (Å²) < 4.78 is 0. The van der Waals surface area contributed by atoms with E-state index in [2.05, 4.69) is 24.1 Å². The Kier molecular flexibility index (Phi) is 8.40. The zero-order chi connectivity index (χ0) is 10.1. The Labute approximate surface area is 82.1 Å². The molecule has 1 atom stereocenters. The lowest BCUT2D eigenvalue weighted by Gasteiger charge is -2.22. The molecule has 0 aromatic heterocycles. The number of hydrogen-bond acceptors (Lipinski definition) is 3. The molecule has 0 amide bonds. The van der Waals surface area contributed by atoms with Gasteiger partial charge in [0.05, 0.1) is 6.61 Å². The molecule has 80 valence electrons. The van der Waals surface area contributed by atoms with Crippen molar-refractivity contribution in [1.29, 1.82) is 0 Å². The van der Waals surface area contributed by atoms with Gasteiger partial charge in [0.1, 0.15) is 0 Å². The van der Waals surface area contributed by atoms with E-state index in [0.29, 0.717) is 0 Å². The second-order valence-electron chi connectivity index (χ2n) is 3.39. The highest BCUT2D eigenvalue weighted by Gasteiger charge is 2.06. The van der Waals surface area contributed by atoms with Crippen molar-refractivity contribution in [2.45, 2.75) is 32.7 Å². The van der Waals surface area contributed by atoms with Crippen LogP contribution in [0.15, 0.2) is 0 Å². The van der Waals surface area contributed by atoms with Gasteiger partial charge in [-0.1, -0.05) is 13.8 Å². The summed E-state index contributed by atoms with van der Waals surface area (Å²) in [5.41, 5.74) is 0. The fourth-order valence-corrected chi connectivity index (χ4v) is 1.41. The Morgan fingerprint density at radius 1 is 1.31 bits per heavy atom. The molecule has 2 N–H and O–H groups in total. The average molecular weight is 188 g/mol. The zero-order valence-corrected chi connectivity index (χ0v) is 9.21. The summed E-state index contributed by atoms with van der Waals surface area (Å²) in [4.78, 5) is 2.42. The van der Waals surface area contributed by atoms with Crippen LogP contribution in [-0.2, 0) is 0 Å². The van der Waals surface area contributed by atoms with Gasteiger partial charge in [-0.2, -0.15) is 0 Å². The van der Waals surface area contributed by atoms with Gasteiger partial charge in [-0.3, -0.25) is 0 Å². The Hall–Kier alpha value is -0.120. The van der Waals surface area contributed by atoms with E-state index in [0.717, 1.165) is 19.5 Å². The first kappa shape index (κ1) is 12.9. The molecule has 0 aliphatic rings. The normalized spacial score (nSPS) is 13.6. The highest BCUT2D eigenvalue weighted by atomic mass is 16.3. The molecule has 0 fully saturated rings. The lowest BCUT2D eigenvalue weighted by molar-refractivity contribution is 0.214. The van der Waals surface area contributed by atoms with Gasteiger partial charge in [0.25, 0.3) is 0 Å². The summed E-state index contributed by atoms with van der Waals surface area (Å²) in [6.45, 7) is 7.97. The minimum Gasteiger partial charge on any atom is -0.395 e. The first-order chi connectivity index (χ1) is 6.28. The van der Waals surface area contributed by atoms with Crippen LogP contribution in [0.2, 0.25) is 0 Å². The fourth-order valence-electron chi connectivity index (χ4n) is 1.41. The van der Waals surface area contributed by atoms with E-state index < -0.39 is 0 Å². The van der Waals surface area contributed by atoms with Crippen LogP contribution in [0.4, 0.5) is 0 Å². The van der Waals surface area contributed by atoms with Crippen LogP contribution < -0.4 is 5.32 Å². The van der Waals surface area contributed by atoms with Crippen molar-refractivity contribution in [3.8, 4) is 0 Å². The molecule has 0 heterocycles. The average Bonchev–Trinajstić information content (AvgIpc) is 2.17. The molecule has 0 aromatic carbocycles. The van der Waals surface area contributed by atoms with Gasteiger partial charge < -0.3 is 15.3 Å². The second kappa shape index (κ2) is 8.48. The van der Waals surface area contributed by atoms with Crippen LogP contribution in [-0.4, -0.2) is 49.3 Å². The Bertz CT molecular complexity index is 105. The molecule has 0 aliphatic carbocycles. The number of aliphatic hydroxyl groups excluding tert-OH is 1. The van der Waals surface area contributed by atoms with Crippen molar-refractivity contribution in [2.24, 2.45) is 0 Å². The highest BCUT2D eigenvalue weighted by Crippen LogP contribution is 1.97. The van der Waals surface area contributed by atoms with E-state index in [1.807, 2.05) is 7.05 Å². The first-order valence-electron chi connectivity index (χ1n) is 5.28. The molecule has 0 aliphatic heterocycles. The van der Waals surface area contributed by atoms with Crippen LogP contribution in [0, 0.1) is 0 Å². The summed E-state index contributed by atoms with van der Waals surface area (Å²) in [7, 11) is 1.90. The van der Waals surface area contributed by atoms with Gasteiger partial charge in [0, 0.05) is 6.04 Å². The van der Waals surface area contributed by atoms with Crippen molar-refractivity contribution in [1.82, 2.24) is 10.2 Å². The van der Waals surface area contributed by atoms with E-state index in [9.17, 15) is 0 Å². The number of rotatable bonds is 8. The van der Waals surface area contributed by atoms with Crippen molar-refractivity contribution >= 4 is 0 Å². The molecule has 0 saturated heterocycles. The van der Waals surface area contributed by atoms with Crippen molar-refractivity contribution < 1.29 is 5.11 Å². The Morgan fingerprint density at radius 2 is 2.00 bits per heavy atom. The maximum Gasteiger partial charge on any atom is 0.0585 e. The van der Waals surface area contributed by atoms with E-state index in [1.165, 1.54) is 13.0 Å². The molecule has 0 aromatic rings. The third kappa shape index (κ3) is 6.02. The van der Waals surface area contributed by atoms with Crippen LogP contribution in [0.3, 0.4) is 0 Å². The molecule has 0 bridgehead atoms. The third-order valence-corrected chi connectivity index (χ3v) is 2.41. The van der Waals surface area contributed by atoms with Crippen LogP contribution in [0.5, 0.6) is 0 Å². The van der Waals surface area contributed by atoms with E-state index in [4.69, 9.17) is 5.11 Å². The molecular formula is C10H24N2O. The largest absolute Gasteiger partial charge is 0.395 e. The minimum atomic E-state index is 0.236. The highest BCUT2D eigenvalue weighted by molar-refractivity contribution is 4.65. The predicted octanol–water partition coefficient (Wildman–Crippen LogP) is 0.689. The smallest absolute Gasteiger partial charge is 0.0585 e. The molecule has 1 unspecified atom stereocenters. The van der Waals surface area contributed by atoms with Crippen molar-refractivity contribution in [3.63, 3.8) is 0 Å². The minimum absolute atomic E-state index is 0.236. The maximum atomic E-state index is 8.96. The molecule has 0 saturated carbocycles. The van der Waals surface area contributed by atoms with E-state index >= 15 is 0 Å². The van der Waals surface area contributed by atoms with E-state index in [-0.39, 0.29) is 12.6 Å². The molecule has 3 nitrogen and oxygen atoms in total. The predicted molar refractivity (Wildman–Crippen MR) is 57.0 cm³/mol. The Balaban J connectivity index is 3.56. The van der Waals surface area contributed by atoms with E-state index in [1.54, 1.807) is 0 Å². The molecule has 0 rings (SSSR count). The number of likely N-dealkylation sites (N-methyl/N-ethyl adjacent to an activating group) is 1. The van der Waals surface area contributed by atoms with Crippen LogP contribution >= 0.6 is 0 Å². The molecule has 0 radical (unpaired) electrons. The van der Waals surface area contributed by atoms with Gasteiger partial charge in [-0.15, -0.1) is 0 Å². The Morgan fingerprint density at radius 3 is 2.38 bits per heavy atom. The summed E-state index contributed by atoms with van der Waals surface area (Å²) in [6, 6.07) is 0.255. The summed E-state index contributed by atoms with van der Waals surface area (Å²) in [6.07, 6.45) is 2.23. The standard InChI is InChI=1S/C10H24N2O/c1-4-7-12(5-2)8-6-10(9-13)11-3/h10-11,13H,4-9H2,1-3H3. The molecule has 0 spiro atoms. The number of aliphatic hydroxyl groups is 1. The fraction of sp³-hybridized carbons (Fsp3) is 1.00. The second-order valence-corrected chi connectivity index (χ2v) is 3.39. The van der Waals surface area contributed by atoms with Gasteiger partial charge in [-0.05, 0) is 39.5 Å². The molecular weight excluding hydrogens is 164 g/mol. The first-order valence-corrected chi connectivity index (χ1v) is 5.28. The summed E-state index contributed by atoms with van der Waals surface area (Å²) >= 11 is 0. The maximum absolute atomic E-state index is 8.96. The van der Waals surface area contributed by atoms with Gasteiger partial charge >= 0.3 is 0 Å². The number of hydrogen-bond donors (Lipinski definition) is 2. The number of nitrogens with one attached hydrogen (secondary N) is 1. The van der Waals surface area contributed by atoms with Crippen LogP contribution in [0.25, 0.3) is 0 Å². The van der Waals surface area contributed by atoms with Crippen LogP contribution in [0.1, 0.15) is 26.7 Å². The number of nitrogens with zero attached hydrogens (tertiary/aromatic N) is 1. The van der Waals surface area contributed by atoms with Gasteiger partial charge in [0.2, 0.25) is 0 Å². The van der Waals surface area contributed by atoms with Crippen molar-refractivity contribution in [2.75, 3.05) is 33.3 Å². The van der Waals surface area contributed by atoms with Gasteiger partial charge in [0.15, 0.2) is 0 Å². The third-order valence-electron chi connectivity index (χ3n) is 2.41. The molecule has 3 heteroatoms.